The van der Waals surface area contributed by atoms with Gasteiger partial charge in [0.25, 0.3) is 5.91 Å². The van der Waals surface area contributed by atoms with Crippen molar-refractivity contribution in [3.8, 4) is 5.75 Å². The van der Waals surface area contributed by atoms with Crippen LogP contribution in [0.25, 0.3) is 0 Å². The third-order valence-electron chi connectivity index (χ3n) is 3.52. The Bertz CT molecular complexity index is 846. The maximum Gasteiger partial charge on any atom is 0.262 e. The number of aryl methyl sites for hydroxylation is 2. The van der Waals surface area contributed by atoms with Crippen LogP contribution in [0, 0.1) is 13.8 Å². The van der Waals surface area contributed by atoms with Crippen molar-refractivity contribution in [1.29, 1.82) is 0 Å². The van der Waals surface area contributed by atoms with E-state index in [0.29, 0.717) is 17.1 Å². The minimum Gasteiger partial charge on any atom is -0.483 e. The number of anilines is 2. The smallest absolute Gasteiger partial charge is 0.262 e. The summed E-state index contributed by atoms with van der Waals surface area (Å²) in [5.74, 6) is 0.392. The van der Waals surface area contributed by atoms with Gasteiger partial charge >= 0.3 is 0 Å². The Balaban J connectivity index is 1.91. The molecule has 6 nitrogen and oxygen atoms in total. The lowest BCUT2D eigenvalue weighted by atomic mass is 10.1. The zero-order valence-corrected chi connectivity index (χ0v) is 15.3. The van der Waals surface area contributed by atoms with Crippen molar-refractivity contribution in [2.45, 2.75) is 20.8 Å². The lowest BCUT2D eigenvalue weighted by molar-refractivity contribution is -0.118. The molecule has 0 aliphatic rings. The van der Waals surface area contributed by atoms with Gasteiger partial charge in [0.05, 0.1) is 5.75 Å². The van der Waals surface area contributed by atoms with Crippen LogP contribution in [-0.2, 0) is 14.8 Å². The highest BCUT2D eigenvalue weighted by molar-refractivity contribution is 7.92. The monoisotopic (exact) mass is 362 g/mol. The molecule has 1 amide bonds. The molecule has 0 saturated carbocycles. The molecule has 0 fully saturated rings. The quantitative estimate of drug-likeness (QED) is 0.793. The molecule has 0 atom stereocenters. The van der Waals surface area contributed by atoms with Crippen molar-refractivity contribution in [3.63, 3.8) is 0 Å². The van der Waals surface area contributed by atoms with Gasteiger partial charge in [0.2, 0.25) is 10.0 Å². The predicted octanol–water partition coefficient (Wildman–Crippen LogP) is 3.08. The van der Waals surface area contributed by atoms with Crippen molar-refractivity contribution >= 4 is 27.3 Å². The van der Waals surface area contributed by atoms with Crippen LogP contribution in [-0.4, -0.2) is 26.7 Å². The number of amides is 1. The fourth-order valence-corrected chi connectivity index (χ4v) is 2.72. The Morgan fingerprint density at radius 3 is 2.32 bits per heavy atom. The summed E-state index contributed by atoms with van der Waals surface area (Å²) < 4.78 is 31.0. The number of carbonyl (C=O) groups excluding carboxylic acids is 1. The highest BCUT2D eigenvalue weighted by Crippen LogP contribution is 2.19. The van der Waals surface area contributed by atoms with E-state index < -0.39 is 10.0 Å². The van der Waals surface area contributed by atoms with Crippen LogP contribution in [0.3, 0.4) is 0 Å². The number of hydrogen-bond acceptors (Lipinski definition) is 4. The van der Waals surface area contributed by atoms with Crippen LogP contribution >= 0.6 is 0 Å². The fraction of sp³-hybridized carbons (Fsp3) is 0.278. The lowest BCUT2D eigenvalue weighted by Crippen LogP contribution is -2.20. The standard InChI is InChI=1S/C18H22N2O4S/c1-4-25(22,23)20-16-9-7-15(8-10-16)19-18(21)12-24-17-11-13(2)5-6-14(17)3/h5-11,20H,4,12H2,1-3H3,(H,19,21). The van der Waals surface area contributed by atoms with E-state index in [1.807, 2.05) is 32.0 Å². The Kier molecular flexibility index (Phi) is 6.03. The van der Waals surface area contributed by atoms with Gasteiger partial charge < -0.3 is 10.1 Å². The number of carbonyl (C=O) groups is 1. The van der Waals surface area contributed by atoms with Gasteiger partial charge in [-0.1, -0.05) is 12.1 Å². The summed E-state index contributed by atoms with van der Waals surface area (Å²) >= 11 is 0. The summed E-state index contributed by atoms with van der Waals surface area (Å²) in [5.41, 5.74) is 3.04. The summed E-state index contributed by atoms with van der Waals surface area (Å²) in [7, 11) is -3.31. The number of hydrogen-bond donors (Lipinski definition) is 2. The highest BCUT2D eigenvalue weighted by atomic mass is 32.2. The summed E-state index contributed by atoms with van der Waals surface area (Å²) in [6, 6.07) is 12.3. The second-order valence-corrected chi connectivity index (χ2v) is 7.70. The van der Waals surface area contributed by atoms with Gasteiger partial charge in [-0.05, 0) is 62.2 Å². The van der Waals surface area contributed by atoms with Crippen LogP contribution in [0.4, 0.5) is 11.4 Å². The first-order valence-electron chi connectivity index (χ1n) is 7.89. The molecule has 0 radical (unpaired) electrons. The van der Waals surface area contributed by atoms with Crippen LogP contribution in [0.2, 0.25) is 0 Å². The largest absolute Gasteiger partial charge is 0.483 e. The minimum absolute atomic E-state index is 0.00119. The second-order valence-electron chi connectivity index (χ2n) is 5.69. The van der Waals surface area contributed by atoms with E-state index in [1.165, 1.54) is 0 Å². The van der Waals surface area contributed by atoms with E-state index >= 15 is 0 Å². The average molecular weight is 362 g/mol. The van der Waals surface area contributed by atoms with Gasteiger partial charge in [-0.15, -0.1) is 0 Å². The fourth-order valence-electron chi connectivity index (χ4n) is 2.08. The first-order valence-corrected chi connectivity index (χ1v) is 9.55. The average Bonchev–Trinajstić information content (AvgIpc) is 2.57. The summed E-state index contributed by atoms with van der Waals surface area (Å²) in [4.78, 5) is 12.0. The third-order valence-corrected chi connectivity index (χ3v) is 4.83. The van der Waals surface area contributed by atoms with Gasteiger partial charge in [-0.25, -0.2) is 8.42 Å². The Morgan fingerprint density at radius 1 is 1.04 bits per heavy atom. The van der Waals surface area contributed by atoms with E-state index in [0.717, 1.165) is 11.1 Å². The molecular formula is C18H22N2O4S. The van der Waals surface area contributed by atoms with Gasteiger partial charge in [-0.3, -0.25) is 9.52 Å². The number of sulfonamides is 1. The van der Waals surface area contributed by atoms with Gasteiger partial charge in [0, 0.05) is 11.4 Å². The molecule has 7 heteroatoms. The molecule has 0 bridgehead atoms. The first kappa shape index (κ1) is 18.8. The number of ether oxygens (including phenoxy) is 1. The van der Waals surface area contributed by atoms with E-state index in [4.69, 9.17) is 4.74 Å². The molecule has 0 aliphatic carbocycles. The Hall–Kier alpha value is -2.54. The molecular weight excluding hydrogens is 340 g/mol. The first-order chi connectivity index (χ1) is 11.8. The summed E-state index contributed by atoms with van der Waals surface area (Å²) in [5, 5.41) is 2.71. The Morgan fingerprint density at radius 2 is 1.68 bits per heavy atom. The molecule has 2 aromatic carbocycles. The normalized spacial score (nSPS) is 11.0. The molecule has 2 aromatic rings. The molecule has 0 saturated heterocycles. The summed E-state index contributed by atoms with van der Waals surface area (Å²) in [6.45, 7) is 5.34. The van der Waals surface area contributed by atoms with Crippen LogP contribution in [0.1, 0.15) is 18.1 Å². The van der Waals surface area contributed by atoms with Crippen LogP contribution in [0.5, 0.6) is 5.75 Å². The number of rotatable bonds is 7. The van der Waals surface area contributed by atoms with E-state index in [9.17, 15) is 13.2 Å². The Labute approximate surface area is 148 Å². The molecule has 2 rings (SSSR count). The minimum atomic E-state index is -3.31. The zero-order chi connectivity index (χ0) is 18.4. The third kappa shape index (κ3) is 5.79. The summed E-state index contributed by atoms with van der Waals surface area (Å²) in [6.07, 6.45) is 0. The van der Waals surface area contributed by atoms with E-state index in [-0.39, 0.29) is 18.3 Å². The molecule has 0 unspecified atom stereocenters. The van der Waals surface area contributed by atoms with Crippen molar-refractivity contribution in [3.05, 3.63) is 53.6 Å². The van der Waals surface area contributed by atoms with E-state index in [2.05, 4.69) is 10.0 Å². The predicted molar refractivity (Wildman–Crippen MR) is 99.6 cm³/mol. The lowest BCUT2D eigenvalue weighted by Gasteiger charge is -2.11. The SMILES string of the molecule is CCS(=O)(=O)Nc1ccc(NC(=O)COc2cc(C)ccc2C)cc1. The van der Waals surface area contributed by atoms with Crippen molar-refractivity contribution in [2.75, 3.05) is 22.4 Å². The molecule has 0 aliphatic heterocycles. The van der Waals surface area contributed by atoms with Crippen molar-refractivity contribution in [1.82, 2.24) is 0 Å². The maximum absolute atomic E-state index is 12.0. The molecule has 0 aromatic heterocycles. The van der Waals surface area contributed by atoms with E-state index in [1.54, 1.807) is 31.2 Å². The molecule has 25 heavy (non-hydrogen) atoms. The molecule has 0 spiro atoms. The number of nitrogens with one attached hydrogen (secondary N) is 2. The molecule has 2 N–H and O–H groups in total. The topological polar surface area (TPSA) is 84.5 Å². The van der Waals surface area contributed by atoms with Gasteiger partial charge in [0.15, 0.2) is 6.61 Å². The maximum atomic E-state index is 12.0. The highest BCUT2D eigenvalue weighted by Gasteiger charge is 2.08. The van der Waals surface area contributed by atoms with Crippen molar-refractivity contribution < 1.29 is 17.9 Å². The second kappa shape index (κ2) is 8.02. The molecule has 134 valence electrons. The van der Waals surface area contributed by atoms with Gasteiger partial charge in [-0.2, -0.15) is 0 Å². The van der Waals surface area contributed by atoms with Gasteiger partial charge in [0.1, 0.15) is 5.75 Å². The van der Waals surface area contributed by atoms with Crippen molar-refractivity contribution in [2.24, 2.45) is 0 Å². The zero-order valence-electron chi connectivity index (χ0n) is 14.5. The molecule has 0 heterocycles. The number of benzene rings is 2. The van der Waals surface area contributed by atoms with Crippen LogP contribution in [0.15, 0.2) is 42.5 Å². The van der Waals surface area contributed by atoms with Crippen LogP contribution < -0.4 is 14.8 Å².